The van der Waals surface area contributed by atoms with Gasteiger partial charge in [-0.15, -0.1) is 0 Å². The third-order valence-corrected chi connectivity index (χ3v) is 11.2. The van der Waals surface area contributed by atoms with Gasteiger partial charge in [0, 0.05) is 6.42 Å². The molecule has 0 bridgehead atoms. The minimum Gasteiger partial charge on any atom is -0.480 e. The van der Waals surface area contributed by atoms with E-state index in [1.807, 2.05) is 0 Å². The molecule has 0 spiro atoms. The Labute approximate surface area is 219 Å². The lowest BCUT2D eigenvalue weighted by molar-refractivity contribution is -0.207. The fourth-order valence-electron chi connectivity index (χ4n) is 9.20. The average molecular weight is 523 g/mol. The van der Waals surface area contributed by atoms with Gasteiger partial charge in [0.2, 0.25) is 11.8 Å². The second-order valence-corrected chi connectivity index (χ2v) is 13.0. The molecule has 37 heavy (non-hydrogen) atoms. The van der Waals surface area contributed by atoms with Gasteiger partial charge in [-0.05, 0) is 97.7 Å². The molecular formula is C28H46N2O7. The first kappa shape index (κ1) is 28.3. The first-order valence-electron chi connectivity index (χ1n) is 14.2. The van der Waals surface area contributed by atoms with Crippen LogP contribution in [-0.2, 0) is 14.4 Å². The van der Waals surface area contributed by atoms with Crippen LogP contribution in [0.5, 0.6) is 0 Å². The van der Waals surface area contributed by atoms with Crippen molar-refractivity contribution in [1.29, 1.82) is 0 Å². The van der Waals surface area contributed by atoms with Gasteiger partial charge in [0.25, 0.3) is 0 Å². The summed E-state index contributed by atoms with van der Waals surface area (Å²) in [6, 6.07) is 0. The van der Waals surface area contributed by atoms with Crippen LogP contribution in [0.4, 0.5) is 0 Å². The number of carboxylic acids is 1. The fourth-order valence-corrected chi connectivity index (χ4v) is 9.20. The molecule has 4 saturated carbocycles. The number of carbonyl (C=O) groups is 3. The van der Waals surface area contributed by atoms with E-state index in [0.717, 1.165) is 38.5 Å². The largest absolute Gasteiger partial charge is 0.480 e. The summed E-state index contributed by atoms with van der Waals surface area (Å²) in [4.78, 5) is 34.5. The van der Waals surface area contributed by atoms with E-state index in [1.165, 1.54) is 0 Å². The second-order valence-electron chi connectivity index (χ2n) is 13.0. The number of carbonyl (C=O) groups excluding carboxylic acids is 2. The predicted octanol–water partition coefficient (Wildman–Crippen LogP) is 1.68. The summed E-state index contributed by atoms with van der Waals surface area (Å²) in [6.07, 6.45) is 5.60. The molecule has 0 aliphatic heterocycles. The van der Waals surface area contributed by atoms with Gasteiger partial charge in [0.1, 0.15) is 6.54 Å². The number of hydrogen-bond donors (Lipinski definition) is 6. The van der Waals surface area contributed by atoms with Gasteiger partial charge in [-0.1, -0.05) is 20.8 Å². The Balaban J connectivity index is 1.38. The number of aliphatic hydroxyl groups is 3. The summed E-state index contributed by atoms with van der Waals surface area (Å²) < 4.78 is 0. The van der Waals surface area contributed by atoms with E-state index in [0.29, 0.717) is 18.8 Å². The van der Waals surface area contributed by atoms with Gasteiger partial charge in [-0.3, -0.25) is 14.4 Å². The topological polar surface area (TPSA) is 156 Å². The monoisotopic (exact) mass is 522 g/mol. The highest BCUT2D eigenvalue weighted by Crippen LogP contribution is 2.68. The number of fused-ring (bicyclic) bond motifs is 5. The smallest absolute Gasteiger partial charge is 0.322 e. The number of rotatable bonds is 8. The molecule has 9 heteroatoms. The second kappa shape index (κ2) is 10.8. The number of aliphatic carboxylic acids is 1. The van der Waals surface area contributed by atoms with Gasteiger partial charge in [-0.2, -0.15) is 0 Å². The van der Waals surface area contributed by atoms with Crippen molar-refractivity contribution in [2.75, 3.05) is 13.1 Å². The van der Waals surface area contributed by atoms with Crippen LogP contribution in [0.15, 0.2) is 0 Å². The Morgan fingerprint density at radius 1 is 0.919 bits per heavy atom. The maximum absolute atomic E-state index is 12.3. The summed E-state index contributed by atoms with van der Waals surface area (Å²) in [6.45, 7) is 5.94. The highest BCUT2D eigenvalue weighted by atomic mass is 16.4. The van der Waals surface area contributed by atoms with Crippen LogP contribution in [0, 0.1) is 46.3 Å². The van der Waals surface area contributed by atoms with Crippen molar-refractivity contribution in [3.63, 3.8) is 0 Å². The van der Waals surface area contributed by atoms with E-state index in [1.54, 1.807) is 0 Å². The maximum atomic E-state index is 12.3. The van der Waals surface area contributed by atoms with Crippen LogP contribution in [0.1, 0.15) is 78.6 Å². The summed E-state index contributed by atoms with van der Waals surface area (Å²) >= 11 is 0. The Hall–Kier alpha value is -1.71. The van der Waals surface area contributed by atoms with E-state index in [9.17, 15) is 29.7 Å². The number of nitrogens with one attached hydrogen (secondary N) is 2. The highest BCUT2D eigenvalue weighted by molar-refractivity contribution is 5.86. The Morgan fingerprint density at radius 2 is 1.62 bits per heavy atom. The van der Waals surface area contributed by atoms with Crippen LogP contribution in [0.2, 0.25) is 0 Å². The van der Waals surface area contributed by atoms with Crippen molar-refractivity contribution in [2.24, 2.45) is 46.3 Å². The molecule has 6 N–H and O–H groups in total. The standard InChI is InChI=1S/C28H46N2O7/c1-15(4-7-23(34)29-13-24(35)30-14-25(36)37)18-5-6-19-26-20(12-22(33)28(18,19)3)27(2)9-8-17(31)10-16(27)11-21(26)32/h15-22,26,31-33H,4-14H2,1-3H3,(H,29,34)(H,30,35)(H,36,37)/t15-,16+,17-,18-,19+,20+,21-,22+,26+,27+,28-/m1/s1. The third-order valence-electron chi connectivity index (χ3n) is 11.2. The zero-order valence-electron chi connectivity index (χ0n) is 22.5. The fraction of sp³-hybridized carbons (Fsp3) is 0.893. The summed E-state index contributed by atoms with van der Waals surface area (Å²) in [5, 5.41) is 46.7. The van der Waals surface area contributed by atoms with E-state index in [-0.39, 0.29) is 65.4 Å². The molecule has 0 heterocycles. The van der Waals surface area contributed by atoms with Crippen molar-refractivity contribution in [3.8, 4) is 0 Å². The Bertz CT molecular complexity index is 883. The minimum absolute atomic E-state index is 0.0456. The summed E-state index contributed by atoms with van der Waals surface area (Å²) in [5.74, 6) is -0.534. The van der Waals surface area contributed by atoms with E-state index < -0.39 is 30.6 Å². The lowest BCUT2D eigenvalue weighted by Crippen LogP contribution is -2.62. The van der Waals surface area contributed by atoms with Crippen LogP contribution in [0.3, 0.4) is 0 Å². The molecule has 0 unspecified atom stereocenters. The van der Waals surface area contributed by atoms with Gasteiger partial charge >= 0.3 is 5.97 Å². The molecule has 0 saturated heterocycles. The molecular weight excluding hydrogens is 476 g/mol. The van der Waals surface area contributed by atoms with Gasteiger partial charge < -0.3 is 31.1 Å². The molecule has 0 aromatic heterocycles. The Kier molecular flexibility index (Phi) is 8.27. The highest BCUT2D eigenvalue weighted by Gasteiger charge is 2.65. The first-order valence-corrected chi connectivity index (χ1v) is 14.2. The molecule has 4 aliphatic carbocycles. The van der Waals surface area contributed by atoms with Crippen molar-refractivity contribution in [1.82, 2.24) is 10.6 Å². The summed E-state index contributed by atoms with van der Waals surface area (Å²) in [5.41, 5.74) is -0.268. The Morgan fingerprint density at radius 3 is 2.32 bits per heavy atom. The SMILES string of the molecule is C[C@H](CCC(=O)NCC(=O)NCC(=O)O)[C@H]1CC[C@H]2[C@@H]3[C@H](O)C[C@@H]4C[C@H](O)CC[C@]4(C)[C@H]3C[C@H](O)[C@]12C. The zero-order valence-corrected chi connectivity index (χ0v) is 22.5. The molecule has 4 fully saturated rings. The number of carboxylic acid groups (broad SMARTS) is 1. The van der Waals surface area contributed by atoms with E-state index in [2.05, 4.69) is 31.4 Å². The predicted molar refractivity (Wildman–Crippen MR) is 136 cm³/mol. The van der Waals surface area contributed by atoms with Gasteiger partial charge in [0.05, 0.1) is 24.9 Å². The average Bonchev–Trinajstić information content (AvgIpc) is 3.20. The molecule has 210 valence electrons. The van der Waals surface area contributed by atoms with Crippen LogP contribution >= 0.6 is 0 Å². The summed E-state index contributed by atoms with van der Waals surface area (Å²) in [7, 11) is 0. The molecule has 9 nitrogen and oxygen atoms in total. The van der Waals surface area contributed by atoms with Crippen LogP contribution in [0.25, 0.3) is 0 Å². The van der Waals surface area contributed by atoms with Crippen molar-refractivity contribution in [2.45, 2.75) is 96.9 Å². The van der Waals surface area contributed by atoms with Crippen LogP contribution < -0.4 is 10.6 Å². The van der Waals surface area contributed by atoms with Crippen molar-refractivity contribution in [3.05, 3.63) is 0 Å². The van der Waals surface area contributed by atoms with Crippen LogP contribution in [-0.4, -0.2) is 69.6 Å². The number of amides is 2. The normalized spacial score (nSPS) is 43.6. The van der Waals surface area contributed by atoms with Crippen molar-refractivity contribution < 1.29 is 34.8 Å². The quantitative estimate of drug-likeness (QED) is 0.283. The van der Waals surface area contributed by atoms with E-state index in [4.69, 9.17) is 5.11 Å². The molecule has 4 rings (SSSR count). The van der Waals surface area contributed by atoms with Crippen molar-refractivity contribution >= 4 is 17.8 Å². The lowest BCUT2D eigenvalue weighted by Gasteiger charge is -2.63. The first-order chi connectivity index (χ1) is 17.4. The maximum Gasteiger partial charge on any atom is 0.322 e. The third kappa shape index (κ3) is 5.28. The minimum atomic E-state index is -1.14. The zero-order chi connectivity index (χ0) is 27.1. The molecule has 11 atom stereocenters. The molecule has 2 amide bonds. The number of hydrogen-bond acceptors (Lipinski definition) is 6. The van der Waals surface area contributed by atoms with Gasteiger partial charge in [-0.25, -0.2) is 0 Å². The van der Waals surface area contributed by atoms with Gasteiger partial charge in [0.15, 0.2) is 0 Å². The molecule has 0 radical (unpaired) electrons. The molecule has 0 aromatic rings. The lowest BCUT2D eigenvalue weighted by atomic mass is 9.43. The number of aliphatic hydroxyl groups excluding tert-OH is 3. The molecule has 4 aliphatic rings. The van der Waals surface area contributed by atoms with E-state index >= 15 is 0 Å². The molecule has 0 aromatic carbocycles.